The fourth-order valence-electron chi connectivity index (χ4n) is 1.10. The van der Waals surface area contributed by atoms with Crippen LogP contribution in [-0.4, -0.2) is 18.2 Å². The molecule has 4 heteroatoms. The summed E-state index contributed by atoms with van der Waals surface area (Å²) in [5.74, 6) is -0.860. The second-order valence-corrected chi connectivity index (χ2v) is 2.84. The molecule has 0 spiro atoms. The van der Waals surface area contributed by atoms with Crippen molar-refractivity contribution in [3.63, 3.8) is 0 Å². The van der Waals surface area contributed by atoms with Gasteiger partial charge in [0.2, 0.25) is 0 Å². The molecule has 0 amide bonds. The van der Waals surface area contributed by atoms with Crippen LogP contribution in [0.4, 0.5) is 4.39 Å². The Morgan fingerprint density at radius 3 is 2.86 bits per heavy atom. The summed E-state index contributed by atoms with van der Waals surface area (Å²) in [6.07, 6.45) is 0.0871. The molecule has 3 nitrogen and oxygen atoms in total. The van der Waals surface area contributed by atoms with E-state index in [2.05, 4.69) is 4.74 Å². The third kappa shape index (κ3) is 2.53. The van der Waals surface area contributed by atoms with E-state index in [1.165, 1.54) is 25.3 Å². The fraction of sp³-hybridized carbons (Fsp3) is 0.300. The van der Waals surface area contributed by atoms with Gasteiger partial charge in [0.15, 0.2) is 0 Å². The van der Waals surface area contributed by atoms with Gasteiger partial charge in [-0.2, -0.15) is 0 Å². The molecule has 1 N–H and O–H groups in total. The first kappa shape index (κ1) is 10.7. The number of hydrogen-bond acceptors (Lipinski definition) is 3. The minimum Gasteiger partial charge on any atom is -0.469 e. The van der Waals surface area contributed by atoms with Crippen molar-refractivity contribution in [2.24, 2.45) is 0 Å². The summed E-state index contributed by atoms with van der Waals surface area (Å²) in [6, 6.07) is 4.17. The van der Waals surface area contributed by atoms with Crippen LogP contribution in [0.15, 0.2) is 18.2 Å². The lowest BCUT2D eigenvalue weighted by molar-refractivity contribution is -0.139. The summed E-state index contributed by atoms with van der Waals surface area (Å²) in [5.41, 5.74) is 0.814. The largest absolute Gasteiger partial charge is 0.469 e. The van der Waals surface area contributed by atoms with Crippen molar-refractivity contribution in [3.05, 3.63) is 35.1 Å². The monoisotopic (exact) mass is 198 g/mol. The maximum Gasteiger partial charge on any atom is 0.309 e. The molecule has 76 valence electrons. The summed E-state index contributed by atoms with van der Waals surface area (Å²) < 4.78 is 17.4. The van der Waals surface area contributed by atoms with E-state index in [1.54, 1.807) is 0 Å². The molecule has 14 heavy (non-hydrogen) atoms. The predicted molar refractivity (Wildman–Crippen MR) is 48.0 cm³/mol. The summed E-state index contributed by atoms with van der Waals surface area (Å²) in [6.45, 7) is -0.374. The van der Waals surface area contributed by atoms with E-state index in [-0.39, 0.29) is 24.6 Å². The average molecular weight is 198 g/mol. The predicted octanol–water partition coefficient (Wildman–Crippen LogP) is 1.03. The van der Waals surface area contributed by atoms with Crippen LogP contribution in [0.2, 0.25) is 0 Å². The van der Waals surface area contributed by atoms with Crippen LogP contribution in [0.3, 0.4) is 0 Å². The summed E-state index contributed by atoms with van der Waals surface area (Å²) in [7, 11) is 1.29. The van der Waals surface area contributed by atoms with Crippen LogP contribution in [0.5, 0.6) is 0 Å². The van der Waals surface area contributed by atoms with Gasteiger partial charge in [-0.05, 0) is 17.7 Å². The number of benzene rings is 1. The van der Waals surface area contributed by atoms with E-state index < -0.39 is 5.82 Å². The van der Waals surface area contributed by atoms with Crippen LogP contribution >= 0.6 is 0 Å². The molecular weight excluding hydrogens is 187 g/mol. The van der Waals surface area contributed by atoms with E-state index in [4.69, 9.17) is 5.11 Å². The Hall–Kier alpha value is -1.42. The molecular formula is C10H11FO3. The van der Waals surface area contributed by atoms with Crippen molar-refractivity contribution in [2.45, 2.75) is 13.0 Å². The molecule has 0 unspecified atom stereocenters. The van der Waals surface area contributed by atoms with Crippen molar-refractivity contribution >= 4 is 5.97 Å². The van der Waals surface area contributed by atoms with Crippen molar-refractivity contribution in [1.29, 1.82) is 0 Å². The first-order valence-corrected chi connectivity index (χ1v) is 4.12. The Balaban J connectivity index is 2.84. The van der Waals surface area contributed by atoms with Gasteiger partial charge in [-0.15, -0.1) is 0 Å². The molecule has 1 aromatic carbocycles. The van der Waals surface area contributed by atoms with E-state index in [1.807, 2.05) is 0 Å². The van der Waals surface area contributed by atoms with Gasteiger partial charge in [0.25, 0.3) is 0 Å². The van der Waals surface area contributed by atoms with Crippen LogP contribution in [0.25, 0.3) is 0 Å². The number of aliphatic hydroxyl groups excluding tert-OH is 1. The maximum absolute atomic E-state index is 12.9. The molecule has 0 bridgehead atoms. The number of hydrogen-bond donors (Lipinski definition) is 1. The first-order valence-electron chi connectivity index (χ1n) is 4.12. The number of aliphatic hydroxyl groups is 1. The van der Waals surface area contributed by atoms with E-state index >= 15 is 0 Å². The zero-order valence-corrected chi connectivity index (χ0v) is 7.79. The highest BCUT2D eigenvalue weighted by Crippen LogP contribution is 2.11. The highest BCUT2D eigenvalue weighted by atomic mass is 19.1. The molecule has 0 heterocycles. The number of carbonyl (C=O) groups excluding carboxylic acids is 1. The lowest BCUT2D eigenvalue weighted by atomic mass is 10.1. The van der Waals surface area contributed by atoms with Crippen LogP contribution in [-0.2, 0) is 22.6 Å². The Labute approximate surface area is 81.1 Å². The molecule has 0 aliphatic heterocycles. The second kappa shape index (κ2) is 4.72. The zero-order chi connectivity index (χ0) is 10.6. The highest BCUT2D eigenvalue weighted by Gasteiger charge is 2.06. The first-order chi connectivity index (χ1) is 6.67. The van der Waals surface area contributed by atoms with Gasteiger partial charge < -0.3 is 9.84 Å². The molecule has 0 saturated heterocycles. The quantitative estimate of drug-likeness (QED) is 0.738. The number of carbonyl (C=O) groups is 1. The van der Waals surface area contributed by atoms with Crippen LogP contribution in [0, 0.1) is 5.82 Å². The Morgan fingerprint density at radius 1 is 1.57 bits per heavy atom. The molecule has 0 aliphatic carbocycles. The molecule has 0 aromatic heterocycles. The third-order valence-corrected chi connectivity index (χ3v) is 1.86. The molecule has 0 saturated carbocycles. The Bertz CT molecular complexity index is 336. The normalized spacial score (nSPS) is 9.93. The number of esters is 1. The van der Waals surface area contributed by atoms with Crippen molar-refractivity contribution in [1.82, 2.24) is 0 Å². The topological polar surface area (TPSA) is 46.5 Å². The summed E-state index contributed by atoms with van der Waals surface area (Å²) in [4.78, 5) is 10.9. The standard InChI is InChI=1S/C10H11FO3/c1-14-10(13)5-7-2-3-9(11)8(4-7)6-12/h2-4,12H,5-6H2,1H3. The summed E-state index contributed by atoms with van der Waals surface area (Å²) >= 11 is 0. The molecule has 1 aromatic rings. The Kier molecular flexibility index (Phi) is 3.59. The van der Waals surface area contributed by atoms with E-state index in [0.29, 0.717) is 5.56 Å². The highest BCUT2D eigenvalue weighted by molar-refractivity contribution is 5.72. The molecule has 0 atom stereocenters. The third-order valence-electron chi connectivity index (χ3n) is 1.86. The fourth-order valence-corrected chi connectivity index (χ4v) is 1.10. The maximum atomic E-state index is 12.9. The summed E-state index contributed by atoms with van der Waals surface area (Å²) in [5, 5.41) is 8.78. The van der Waals surface area contributed by atoms with Crippen molar-refractivity contribution < 1.29 is 19.0 Å². The lowest BCUT2D eigenvalue weighted by Gasteiger charge is -2.03. The lowest BCUT2D eigenvalue weighted by Crippen LogP contribution is -2.05. The molecule has 1 rings (SSSR count). The van der Waals surface area contributed by atoms with E-state index in [9.17, 15) is 9.18 Å². The number of rotatable bonds is 3. The second-order valence-electron chi connectivity index (χ2n) is 2.84. The minimum absolute atomic E-state index is 0.0871. The SMILES string of the molecule is COC(=O)Cc1ccc(F)c(CO)c1. The van der Waals surface area contributed by atoms with Gasteiger partial charge in [0, 0.05) is 5.56 Å². The molecule has 0 radical (unpaired) electrons. The van der Waals surface area contributed by atoms with Gasteiger partial charge in [-0.25, -0.2) is 4.39 Å². The van der Waals surface area contributed by atoms with Gasteiger partial charge in [0.05, 0.1) is 20.1 Å². The number of methoxy groups -OCH3 is 1. The average Bonchev–Trinajstić information content (AvgIpc) is 2.20. The van der Waals surface area contributed by atoms with Gasteiger partial charge in [-0.1, -0.05) is 6.07 Å². The van der Waals surface area contributed by atoms with E-state index in [0.717, 1.165) is 0 Å². The zero-order valence-electron chi connectivity index (χ0n) is 7.79. The van der Waals surface area contributed by atoms with Gasteiger partial charge in [0.1, 0.15) is 5.82 Å². The van der Waals surface area contributed by atoms with Crippen LogP contribution < -0.4 is 0 Å². The van der Waals surface area contributed by atoms with Gasteiger partial charge >= 0.3 is 5.97 Å². The minimum atomic E-state index is -0.471. The number of halogens is 1. The van der Waals surface area contributed by atoms with Crippen LogP contribution in [0.1, 0.15) is 11.1 Å². The Morgan fingerprint density at radius 2 is 2.29 bits per heavy atom. The molecule has 0 aliphatic rings. The van der Waals surface area contributed by atoms with Gasteiger partial charge in [-0.3, -0.25) is 4.79 Å². The number of ether oxygens (including phenoxy) is 1. The smallest absolute Gasteiger partial charge is 0.309 e. The molecule has 0 fully saturated rings. The van der Waals surface area contributed by atoms with Crippen molar-refractivity contribution in [2.75, 3.05) is 7.11 Å². The van der Waals surface area contributed by atoms with Crippen molar-refractivity contribution in [3.8, 4) is 0 Å².